The zero-order chi connectivity index (χ0) is 22.9. The molecule has 33 heavy (non-hydrogen) atoms. The molecule has 4 aromatic rings. The Hall–Kier alpha value is -3.29. The predicted molar refractivity (Wildman–Crippen MR) is 127 cm³/mol. The van der Waals surface area contributed by atoms with Crippen molar-refractivity contribution in [3.63, 3.8) is 0 Å². The molecular formula is C25H21ClF2N4O. The summed E-state index contributed by atoms with van der Waals surface area (Å²) in [6.07, 6.45) is 1.66. The second kappa shape index (κ2) is 8.92. The summed E-state index contributed by atoms with van der Waals surface area (Å²) in [7, 11) is 0. The second-order valence-electron chi connectivity index (χ2n) is 7.88. The van der Waals surface area contributed by atoms with Crippen molar-refractivity contribution < 1.29 is 13.5 Å². The number of pyridine rings is 2. The lowest BCUT2D eigenvalue weighted by Gasteiger charge is -2.29. The van der Waals surface area contributed by atoms with Gasteiger partial charge in [-0.05, 0) is 37.3 Å². The van der Waals surface area contributed by atoms with Gasteiger partial charge >= 0.3 is 0 Å². The largest absolute Gasteiger partial charge is 0.378 e. The zero-order valence-corrected chi connectivity index (χ0v) is 18.7. The van der Waals surface area contributed by atoms with Gasteiger partial charge in [0.15, 0.2) is 0 Å². The first-order valence-electron chi connectivity index (χ1n) is 10.6. The first-order valence-corrected chi connectivity index (χ1v) is 11.0. The van der Waals surface area contributed by atoms with Gasteiger partial charge in [-0.15, -0.1) is 0 Å². The molecule has 1 aliphatic rings. The zero-order valence-electron chi connectivity index (χ0n) is 17.9. The average Bonchev–Trinajstić information content (AvgIpc) is 2.81. The quantitative estimate of drug-likeness (QED) is 0.393. The fraction of sp³-hybridized carbons (Fsp3) is 0.200. The Morgan fingerprint density at radius 1 is 1.06 bits per heavy atom. The van der Waals surface area contributed by atoms with E-state index in [-0.39, 0.29) is 10.9 Å². The maximum absolute atomic E-state index is 15.0. The highest BCUT2D eigenvalue weighted by molar-refractivity contribution is 6.31. The van der Waals surface area contributed by atoms with E-state index >= 15 is 0 Å². The Kier molecular flexibility index (Phi) is 5.83. The number of aromatic nitrogens is 2. The fourth-order valence-corrected chi connectivity index (χ4v) is 4.34. The number of hydrogen-bond acceptors (Lipinski definition) is 5. The van der Waals surface area contributed by atoms with Crippen LogP contribution in [0.15, 0.2) is 54.7 Å². The average molecular weight is 467 g/mol. The third-order valence-electron chi connectivity index (χ3n) is 5.68. The Morgan fingerprint density at radius 2 is 1.88 bits per heavy atom. The van der Waals surface area contributed by atoms with Crippen molar-refractivity contribution in [3.8, 4) is 11.4 Å². The van der Waals surface area contributed by atoms with E-state index in [1.54, 1.807) is 18.3 Å². The summed E-state index contributed by atoms with van der Waals surface area (Å²) >= 11 is 6.43. The van der Waals surface area contributed by atoms with Crippen LogP contribution < -0.4 is 10.2 Å². The van der Waals surface area contributed by atoms with Crippen LogP contribution in [0.3, 0.4) is 0 Å². The summed E-state index contributed by atoms with van der Waals surface area (Å²) in [5, 5.41) is 4.09. The van der Waals surface area contributed by atoms with E-state index in [1.165, 1.54) is 6.07 Å². The molecule has 5 rings (SSSR count). The van der Waals surface area contributed by atoms with Gasteiger partial charge in [0.2, 0.25) is 0 Å². The molecule has 0 saturated carbocycles. The fourth-order valence-electron chi connectivity index (χ4n) is 4.11. The van der Waals surface area contributed by atoms with Crippen molar-refractivity contribution in [1.82, 2.24) is 9.97 Å². The van der Waals surface area contributed by atoms with Gasteiger partial charge in [0.1, 0.15) is 11.6 Å². The molecule has 3 heterocycles. The third kappa shape index (κ3) is 4.34. The minimum absolute atomic E-state index is 0.205. The lowest BCUT2D eigenvalue weighted by atomic mass is 10.0. The van der Waals surface area contributed by atoms with Gasteiger partial charge in [0.05, 0.1) is 41.2 Å². The van der Waals surface area contributed by atoms with Crippen LogP contribution >= 0.6 is 11.6 Å². The molecule has 168 valence electrons. The van der Waals surface area contributed by atoms with Crippen LogP contribution in [-0.4, -0.2) is 36.3 Å². The maximum atomic E-state index is 15.0. The van der Waals surface area contributed by atoms with Crippen LogP contribution in [0.2, 0.25) is 5.02 Å². The number of nitrogens with one attached hydrogen (secondary N) is 1. The van der Waals surface area contributed by atoms with Crippen LogP contribution in [0.25, 0.3) is 22.3 Å². The van der Waals surface area contributed by atoms with Crippen molar-refractivity contribution in [2.45, 2.75) is 6.92 Å². The molecule has 2 aromatic carbocycles. The normalized spacial score (nSPS) is 14.0. The van der Waals surface area contributed by atoms with Crippen molar-refractivity contribution in [2.75, 3.05) is 36.5 Å². The molecule has 0 spiro atoms. The molecule has 0 unspecified atom stereocenters. The molecule has 1 fully saturated rings. The van der Waals surface area contributed by atoms with Gasteiger partial charge < -0.3 is 15.0 Å². The van der Waals surface area contributed by atoms with Crippen molar-refractivity contribution in [3.05, 3.63) is 76.9 Å². The van der Waals surface area contributed by atoms with Gasteiger partial charge in [-0.1, -0.05) is 17.7 Å². The Balaban J connectivity index is 1.66. The number of morpholine rings is 1. The molecule has 0 radical (unpaired) electrons. The second-order valence-corrected chi connectivity index (χ2v) is 8.32. The van der Waals surface area contributed by atoms with Crippen molar-refractivity contribution in [1.29, 1.82) is 0 Å². The summed E-state index contributed by atoms with van der Waals surface area (Å²) < 4.78 is 34.5. The number of anilines is 3. The highest BCUT2D eigenvalue weighted by atomic mass is 35.5. The Morgan fingerprint density at radius 3 is 2.64 bits per heavy atom. The van der Waals surface area contributed by atoms with Gasteiger partial charge in [-0.2, -0.15) is 0 Å². The van der Waals surface area contributed by atoms with Crippen molar-refractivity contribution >= 4 is 39.6 Å². The molecular weight excluding hydrogens is 446 g/mol. The maximum Gasteiger partial charge on any atom is 0.137 e. The molecule has 2 aromatic heterocycles. The first-order chi connectivity index (χ1) is 16.0. The molecule has 0 amide bonds. The number of ether oxygens (including phenoxy) is 1. The molecule has 5 nitrogen and oxygen atoms in total. The van der Waals surface area contributed by atoms with E-state index in [2.05, 4.69) is 20.2 Å². The molecule has 8 heteroatoms. The highest BCUT2D eigenvalue weighted by Gasteiger charge is 2.19. The van der Waals surface area contributed by atoms with Crippen LogP contribution in [0.5, 0.6) is 0 Å². The number of halogens is 3. The summed E-state index contributed by atoms with van der Waals surface area (Å²) in [6, 6.07) is 13.2. The molecule has 1 saturated heterocycles. The number of rotatable bonds is 4. The molecule has 1 N–H and O–H groups in total. The Bertz CT molecular complexity index is 1330. The van der Waals surface area contributed by atoms with E-state index in [1.807, 2.05) is 31.2 Å². The van der Waals surface area contributed by atoms with Gasteiger partial charge in [-0.25, -0.2) is 13.8 Å². The smallest absolute Gasteiger partial charge is 0.137 e. The predicted octanol–water partition coefficient (Wildman–Crippen LogP) is 6.12. The minimum atomic E-state index is -0.689. The van der Waals surface area contributed by atoms with Gasteiger partial charge in [0, 0.05) is 53.4 Å². The van der Waals surface area contributed by atoms with E-state index in [0.29, 0.717) is 46.6 Å². The SMILES string of the molecule is Cc1c(-c2ccccn2)nc2cc(F)cc(F)c2c1Nc1cc(Cl)cc(N2CCOCC2)c1. The first kappa shape index (κ1) is 21.6. The number of benzene rings is 2. The lowest BCUT2D eigenvalue weighted by molar-refractivity contribution is 0.122. The number of fused-ring (bicyclic) bond motifs is 1. The van der Waals surface area contributed by atoms with E-state index in [4.69, 9.17) is 16.3 Å². The third-order valence-corrected chi connectivity index (χ3v) is 5.90. The van der Waals surface area contributed by atoms with Crippen LogP contribution in [0, 0.1) is 18.6 Å². The van der Waals surface area contributed by atoms with Gasteiger partial charge in [0.25, 0.3) is 0 Å². The van der Waals surface area contributed by atoms with Crippen molar-refractivity contribution in [2.24, 2.45) is 0 Å². The summed E-state index contributed by atoms with van der Waals surface area (Å²) in [5.74, 6) is -1.38. The minimum Gasteiger partial charge on any atom is -0.378 e. The molecule has 1 aliphatic heterocycles. The Labute approximate surface area is 195 Å². The van der Waals surface area contributed by atoms with E-state index in [0.717, 1.165) is 24.8 Å². The lowest BCUT2D eigenvalue weighted by Crippen LogP contribution is -2.36. The standard InChI is InChI=1S/C25H21ClF2N4O/c1-15-24(21-4-2-3-5-29-21)31-22-13-17(27)12-20(28)23(22)25(15)30-18-10-16(26)11-19(14-18)32-6-8-33-9-7-32/h2-5,10-14H,6-9H2,1H3,(H,30,31). The van der Waals surface area contributed by atoms with Crippen LogP contribution in [0.1, 0.15) is 5.56 Å². The number of hydrogen-bond donors (Lipinski definition) is 1. The summed E-state index contributed by atoms with van der Waals surface area (Å²) in [4.78, 5) is 11.1. The number of nitrogens with zero attached hydrogens (tertiary/aromatic N) is 3. The van der Waals surface area contributed by atoms with Gasteiger partial charge in [-0.3, -0.25) is 4.98 Å². The highest BCUT2D eigenvalue weighted by Crippen LogP contribution is 2.37. The monoisotopic (exact) mass is 466 g/mol. The summed E-state index contributed by atoms with van der Waals surface area (Å²) in [5.41, 5.74) is 4.19. The van der Waals surface area contributed by atoms with Crippen LogP contribution in [-0.2, 0) is 4.74 Å². The van der Waals surface area contributed by atoms with E-state index in [9.17, 15) is 8.78 Å². The molecule has 0 bridgehead atoms. The molecule has 0 aliphatic carbocycles. The topological polar surface area (TPSA) is 50.3 Å². The summed E-state index contributed by atoms with van der Waals surface area (Å²) in [6.45, 7) is 4.65. The molecule has 0 atom stereocenters. The van der Waals surface area contributed by atoms with E-state index < -0.39 is 11.6 Å². The van der Waals surface area contributed by atoms with Crippen LogP contribution in [0.4, 0.5) is 25.8 Å².